The second kappa shape index (κ2) is 4.88. The van der Waals surface area contributed by atoms with Gasteiger partial charge in [0, 0.05) is 6.26 Å². The first-order valence-corrected chi connectivity index (χ1v) is 7.49. The molecule has 2 aromatic rings. The predicted octanol–water partition coefficient (Wildman–Crippen LogP) is 0.964. The van der Waals surface area contributed by atoms with E-state index in [1.165, 1.54) is 12.4 Å². The summed E-state index contributed by atoms with van der Waals surface area (Å²) in [5.41, 5.74) is 6.64. The van der Waals surface area contributed by atoms with Crippen LogP contribution in [0, 0.1) is 0 Å². The Kier molecular flexibility index (Phi) is 3.43. The fourth-order valence-corrected chi connectivity index (χ4v) is 2.55. The first-order chi connectivity index (χ1) is 8.89. The molecule has 0 spiro atoms. The van der Waals surface area contributed by atoms with Crippen molar-refractivity contribution in [2.45, 2.75) is 17.9 Å². The van der Waals surface area contributed by atoms with E-state index >= 15 is 0 Å². The van der Waals surface area contributed by atoms with E-state index in [0.717, 1.165) is 6.26 Å². The number of aromatic nitrogens is 3. The van der Waals surface area contributed by atoms with Gasteiger partial charge in [0.05, 0.1) is 22.3 Å². The highest BCUT2D eigenvalue weighted by molar-refractivity contribution is 7.90. The van der Waals surface area contributed by atoms with Crippen molar-refractivity contribution >= 4 is 21.2 Å². The Balaban J connectivity index is 2.32. The highest BCUT2D eigenvalue weighted by Gasteiger charge is 2.16. The second-order valence-corrected chi connectivity index (χ2v) is 6.21. The first-order valence-electron chi connectivity index (χ1n) is 5.60. The molecular weight excluding hydrogens is 266 g/mol. The smallest absolute Gasteiger partial charge is 0.177 e. The average Bonchev–Trinajstić information content (AvgIpc) is 2.83. The van der Waals surface area contributed by atoms with Crippen LogP contribution in [-0.2, 0) is 9.84 Å². The first kappa shape index (κ1) is 13.3. The quantitative estimate of drug-likeness (QED) is 0.719. The van der Waals surface area contributed by atoms with Gasteiger partial charge in [0.2, 0.25) is 0 Å². The molecule has 7 nitrogen and oxygen atoms in total. The minimum absolute atomic E-state index is 0.113. The zero-order chi connectivity index (χ0) is 14.0. The van der Waals surface area contributed by atoms with Crippen molar-refractivity contribution in [3.63, 3.8) is 0 Å². The van der Waals surface area contributed by atoms with Crippen molar-refractivity contribution < 1.29 is 8.42 Å². The number of benzene rings is 1. The molecule has 19 heavy (non-hydrogen) atoms. The van der Waals surface area contributed by atoms with E-state index < -0.39 is 9.84 Å². The number of hydrogen-bond acceptors (Lipinski definition) is 6. The predicted molar refractivity (Wildman–Crippen MR) is 72.4 cm³/mol. The van der Waals surface area contributed by atoms with Crippen LogP contribution in [0.15, 0.2) is 29.4 Å². The molecule has 0 aliphatic heterocycles. The van der Waals surface area contributed by atoms with Crippen molar-refractivity contribution in [3.8, 4) is 0 Å². The number of sulfone groups is 1. The topological polar surface area (TPSA) is 114 Å². The molecular formula is C11H15N5O2S. The lowest BCUT2D eigenvalue weighted by atomic mass is 10.2. The van der Waals surface area contributed by atoms with Gasteiger partial charge in [0.15, 0.2) is 9.84 Å². The summed E-state index contributed by atoms with van der Waals surface area (Å²) in [5.74, 6) is 0.643. The molecule has 0 fully saturated rings. The number of nitrogens with one attached hydrogen (secondary N) is 2. The van der Waals surface area contributed by atoms with Gasteiger partial charge in [-0.15, -0.1) is 0 Å². The Bertz CT molecular complexity index is 666. The molecule has 0 radical (unpaired) electrons. The molecule has 8 heteroatoms. The molecule has 0 bridgehead atoms. The molecule has 102 valence electrons. The van der Waals surface area contributed by atoms with Crippen LogP contribution in [0.25, 0.3) is 0 Å². The van der Waals surface area contributed by atoms with Gasteiger partial charge in [-0.1, -0.05) is 6.07 Å². The van der Waals surface area contributed by atoms with Crippen LogP contribution in [0.1, 0.15) is 18.8 Å². The lowest BCUT2D eigenvalue weighted by Crippen LogP contribution is -2.12. The van der Waals surface area contributed by atoms with Crippen LogP contribution in [0.3, 0.4) is 0 Å². The number of hydrogen-bond donors (Lipinski definition) is 3. The summed E-state index contributed by atoms with van der Waals surface area (Å²) in [4.78, 5) is 4.14. The van der Waals surface area contributed by atoms with Crippen molar-refractivity contribution in [1.29, 1.82) is 0 Å². The third-order valence-electron chi connectivity index (χ3n) is 2.68. The lowest BCUT2D eigenvalue weighted by molar-refractivity contribution is 0.602. The normalized spacial score (nSPS) is 13.2. The third-order valence-corrected chi connectivity index (χ3v) is 3.84. The van der Waals surface area contributed by atoms with E-state index in [2.05, 4.69) is 20.5 Å². The molecule has 0 amide bonds. The van der Waals surface area contributed by atoms with E-state index in [0.29, 0.717) is 11.5 Å². The Labute approximate surface area is 111 Å². The fourth-order valence-electron chi connectivity index (χ4n) is 1.72. The standard InChI is InChI=1S/C11H15N5O2S/c1-7(11-13-6-14-16-11)15-8-4-3-5-9(10(8)12)19(2,17)18/h3-7,15H,12H2,1-2H3,(H,13,14,16). The molecule has 1 atom stereocenters. The lowest BCUT2D eigenvalue weighted by Gasteiger charge is -2.16. The van der Waals surface area contributed by atoms with Gasteiger partial charge in [-0.3, -0.25) is 5.10 Å². The van der Waals surface area contributed by atoms with Gasteiger partial charge >= 0.3 is 0 Å². The van der Waals surface area contributed by atoms with Crippen LogP contribution in [-0.4, -0.2) is 29.9 Å². The molecule has 0 saturated heterocycles. The maximum Gasteiger partial charge on any atom is 0.177 e. The average molecular weight is 281 g/mol. The summed E-state index contributed by atoms with van der Waals surface area (Å²) in [6, 6.07) is 4.67. The number of aromatic amines is 1. The van der Waals surface area contributed by atoms with Crippen molar-refractivity contribution in [2.24, 2.45) is 0 Å². The molecule has 1 unspecified atom stereocenters. The van der Waals surface area contributed by atoms with E-state index in [1.54, 1.807) is 12.1 Å². The number of H-pyrrole nitrogens is 1. The van der Waals surface area contributed by atoms with E-state index in [1.807, 2.05) is 6.92 Å². The van der Waals surface area contributed by atoms with Crippen molar-refractivity contribution in [2.75, 3.05) is 17.3 Å². The van der Waals surface area contributed by atoms with Gasteiger partial charge in [0.1, 0.15) is 12.2 Å². The zero-order valence-corrected chi connectivity index (χ0v) is 11.4. The summed E-state index contributed by atoms with van der Waals surface area (Å²) in [7, 11) is -3.35. The van der Waals surface area contributed by atoms with Crippen LogP contribution < -0.4 is 11.1 Å². The molecule has 1 heterocycles. The van der Waals surface area contributed by atoms with Gasteiger partial charge in [-0.05, 0) is 19.1 Å². The number of nitrogens with zero attached hydrogens (tertiary/aromatic N) is 2. The summed E-state index contributed by atoms with van der Waals surface area (Å²) in [5, 5.41) is 9.60. The van der Waals surface area contributed by atoms with Crippen LogP contribution in [0.4, 0.5) is 11.4 Å². The number of para-hydroxylation sites is 1. The van der Waals surface area contributed by atoms with Gasteiger partial charge in [-0.2, -0.15) is 5.10 Å². The highest BCUT2D eigenvalue weighted by Crippen LogP contribution is 2.28. The largest absolute Gasteiger partial charge is 0.396 e. The molecule has 0 aliphatic rings. The van der Waals surface area contributed by atoms with Crippen LogP contribution in [0.2, 0.25) is 0 Å². The monoisotopic (exact) mass is 281 g/mol. The van der Waals surface area contributed by atoms with E-state index in [9.17, 15) is 8.42 Å². The van der Waals surface area contributed by atoms with Gasteiger partial charge in [0.25, 0.3) is 0 Å². The Hall–Kier alpha value is -2.09. The van der Waals surface area contributed by atoms with Gasteiger partial charge < -0.3 is 11.1 Å². The summed E-state index contributed by atoms with van der Waals surface area (Å²) in [6.45, 7) is 1.87. The number of anilines is 2. The second-order valence-electron chi connectivity index (χ2n) is 4.23. The molecule has 0 saturated carbocycles. The Morgan fingerprint density at radius 2 is 2.16 bits per heavy atom. The molecule has 0 aliphatic carbocycles. The van der Waals surface area contributed by atoms with E-state index in [4.69, 9.17) is 5.73 Å². The van der Waals surface area contributed by atoms with Crippen LogP contribution >= 0.6 is 0 Å². The maximum absolute atomic E-state index is 11.6. The highest BCUT2D eigenvalue weighted by atomic mass is 32.2. The summed E-state index contributed by atoms with van der Waals surface area (Å²) >= 11 is 0. The van der Waals surface area contributed by atoms with E-state index in [-0.39, 0.29) is 16.6 Å². The third kappa shape index (κ3) is 2.84. The van der Waals surface area contributed by atoms with Crippen LogP contribution in [0.5, 0.6) is 0 Å². The maximum atomic E-state index is 11.6. The number of nitrogens with two attached hydrogens (primary N) is 1. The van der Waals surface area contributed by atoms with Crippen molar-refractivity contribution in [3.05, 3.63) is 30.4 Å². The summed E-state index contributed by atoms with van der Waals surface area (Å²) < 4.78 is 23.2. The molecule has 1 aromatic heterocycles. The molecule has 2 rings (SSSR count). The SMILES string of the molecule is CC(Nc1cccc(S(C)(=O)=O)c1N)c1ncn[nH]1. The Morgan fingerprint density at radius 1 is 1.42 bits per heavy atom. The summed E-state index contributed by atoms with van der Waals surface area (Å²) in [6.07, 6.45) is 2.53. The van der Waals surface area contributed by atoms with Crippen molar-refractivity contribution in [1.82, 2.24) is 15.2 Å². The fraction of sp³-hybridized carbons (Fsp3) is 0.273. The number of nitrogen functional groups attached to an aromatic ring is 1. The zero-order valence-electron chi connectivity index (χ0n) is 10.6. The number of rotatable bonds is 4. The Morgan fingerprint density at radius 3 is 2.74 bits per heavy atom. The minimum atomic E-state index is -3.35. The molecule has 4 N–H and O–H groups in total. The minimum Gasteiger partial charge on any atom is -0.396 e. The van der Waals surface area contributed by atoms with Gasteiger partial charge in [-0.25, -0.2) is 13.4 Å². The molecule has 1 aromatic carbocycles.